The van der Waals surface area contributed by atoms with Crippen molar-refractivity contribution >= 4 is 23.6 Å². The molecule has 1 fully saturated rings. The molecule has 1 saturated heterocycles. The van der Waals surface area contributed by atoms with Crippen LogP contribution in [0.3, 0.4) is 0 Å². The highest BCUT2D eigenvalue weighted by Gasteiger charge is 2.19. The number of carboxylic acid groups (broad SMARTS) is 1. The average molecular weight is 247 g/mol. The van der Waals surface area contributed by atoms with Gasteiger partial charge in [0.05, 0.1) is 6.54 Å². The minimum atomic E-state index is -1.51. The van der Waals surface area contributed by atoms with Crippen molar-refractivity contribution in [1.82, 2.24) is 5.32 Å². The van der Waals surface area contributed by atoms with Crippen LogP contribution >= 0.6 is 11.8 Å². The van der Waals surface area contributed by atoms with Crippen LogP contribution in [0, 0.1) is 5.92 Å². The van der Waals surface area contributed by atoms with Gasteiger partial charge in [0, 0.05) is 6.42 Å². The summed E-state index contributed by atoms with van der Waals surface area (Å²) in [4.78, 5) is 21.7. The normalized spacial score (nSPS) is 19.1. The Bertz CT molecular complexity index is 253. The predicted octanol–water partition coefficient (Wildman–Crippen LogP) is 0.0814. The Morgan fingerprint density at radius 3 is 2.56 bits per heavy atom. The summed E-state index contributed by atoms with van der Waals surface area (Å²) in [7, 11) is 0. The number of carbonyl (C=O) groups is 2. The van der Waals surface area contributed by atoms with E-state index in [-0.39, 0.29) is 12.5 Å². The molecule has 1 atom stereocenters. The summed E-state index contributed by atoms with van der Waals surface area (Å²) in [6.07, 6.45) is 1.01. The predicted molar refractivity (Wildman–Crippen MR) is 61.3 cm³/mol. The molecule has 1 aliphatic heterocycles. The van der Waals surface area contributed by atoms with Gasteiger partial charge in [-0.3, -0.25) is 4.79 Å². The van der Waals surface area contributed by atoms with Crippen LogP contribution in [0.4, 0.5) is 0 Å². The van der Waals surface area contributed by atoms with Crippen molar-refractivity contribution in [1.29, 1.82) is 0 Å². The van der Waals surface area contributed by atoms with Crippen molar-refractivity contribution in [3.8, 4) is 0 Å². The lowest BCUT2D eigenvalue weighted by molar-refractivity contribution is -0.146. The van der Waals surface area contributed by atoms with Gasteiger partial charge in [0.2, 0.25) is 5.91 Å². The number of aliphatic carboxylic acids is 1. The van der Waals surface area contributed by atoms with Crippen molar-refractivity contribution in [3.63, 3.8) is 0 Å². The molecule has 1 heterocycles. The van der Waals surface area contributed by atoms with E-state index < -0.39 is 12.1 Å². The molecule has 1 rings (SSSR count). The highest BCUT2D eigenvalue weighted by Crippen LogP contribution is 2.24. The number of aliphatic hydroxyl groups excluding tert-OH is 1. The summed E-state index contributed by atoms with van der Waals surface area (Å²) in [5.74, 6) is 1.11. The lowest BCUT2D eigenvalue weighted by Gasteiger charge is -2.20. The van der Waals surface area contributed by atoms with Crippen LogP contribution in [-0.2, 0) is 9.59 Å². The van der Waals surface area contributed by atoms with Gasteiger partial charge in [-0.25, -0.2) is 4.79 Å². The van der Waals surface area contributed by atoms with Gasteiger partial charge in [-0.2, -0.15) is 11.8 Å². The van der Waals surface area contributed by atoms with Crippen LogP contribution in [-0.4, -0.2) is 46.2 Å². The lowest BCUT2D eigenvalue weighted by Crippen LogP contribution is -2.37. The molecule has 0 spiro atoms. The molecule has 1 aliphatic rings. The highest BCUT2D eigenvalue weighted by atomic mass is 32.2. The van der Waals surface area contributed by atoms with Crippen LogP contribution in [0.15, 0.2) is 0 Å². The molecule has 5 nitrogen and oxygen atoms in total. The second-order valence-electron chi connectivity index (χ2n) is 3.92. The van der Waals surface area contributed by atoms with E-state index in [1.807, 2.05) is 11.8 Å². The van der Waals surface area contributed by atoms with Gasteiger partial charge in [0.1, 0.15) is 0 Å². The molecular formula is C10H17NO4S. The maximum atomic E-state index is 11.4. The number of rotatable bonds is 5. The van der Waals surface area contributed by atoms with Gasteiger partial charge in [0.25, 0.3) is 0 Å². The SMILES string of the molecule is O=C(CC1CCSCC1)NC[C@H](O)C(=O)O. The Labute approximate surface area is 98.6 Å². The number of carboxylic acids is 1. The molecule has 1 amide bonds. The second kappa shape index (κ2) is 6.75. The van der Waals surface area contributed by atoms with Crippen LogP contribution in [0.2, 0.25) is 0 Å². The smallest absolute Gasteiger partial charge is 0.334 e. The van der Waals surface area contributed by atoms with Crippen molar-refractivity contribution in [3.05, 3.63) is 0 Å². The topological polar surface area (TPSA) is 86.6 Å². The van der Waals surface area contributed by atoms with Gasteiger partial charge in [0.15, 0.2) is 6.10 Å². The summed E-state index contributed by atoms with van der Waals surface area (Å²) < 4.78 is 0. The fourth-order valence-electron chi connectivity index (χ4n) is 1.58. The van der Waals surface area contributed by atoms with E-state index in [1.54, 1.807) is 0 Å². The number of carbonyl (C=O) groups excluding carboxylic acids is 1. The monoisotopic (exact) mass is 247 g/mol. The summed E-state index contributed by atoms with van der Waals surface area (Å²) in [5, 5.41) is 19.8. The number of aliphatic hydroxyl groups is 1. The molecule has 0 radical (unpaired) electrons. The number of hydrogen-bond acceptors (Lipinski definition) is 4. The van der Waals surface area contributed by atoms with Crippen LogP contribution in [0.1, 0.15) is 19.3 Å². The van der Waals surface area contributed by atoms with Crippen LogP contribution in [0.5, 0.6) is 0 Å². The van der Waals surface area contributed by atoms with Crippen molar-refractivity contribution in [2.75, 3.05) is 18.1 Å². The van der Waals surface area contributed by atoms with E-state index in [2.05, 4.69) is 5.32 Å². The van der Waals surface area contributed by atoms with Gasteiger partial charge >= 0.3 is 5.97 Å². The molecule has 0 aromatic rings. The molecule has 0 aromatic heterocycles. The first kappa shape index (κ1) is 13.3. The summed E-state index contributed by atoms with van der Waals surface area (Å²) in [5.41, 5.74) is 0. The zero-order valence-corrected chi connectivity index (χ0v) is 9.83. The number of thioether (sulfide) groups is 1. The van der Waals surface area contributed by atoms with Crippen molar-refractivity contribution < 1.29 is 19.8 Å². The fraction of sp³-hybridized carbons (Fsp3) is 0.800. The maximum Gasteiger partial charge on any atom is 0.334 e. The minimum Gasteiger partial charge on any atom is -0.479 e. The third-order valence-electron chi connectivity index (χ3n) is 2.59. The average Bonchev–Trinajstić information content (AvgIpc) is 2.27. The standard InChI is InChI=1S/C10H17NO4S/c12-8(10(14)15)6-11-9(13)5-7-1-3-16-4-2-7/h7-8,12H,1-6H2,(H,11,13)(H,14,15)/t8-/m0/s1. The zero-order valence-electron chi connectivity index (χ0n) is 9.02. The van der Waals surface area contributed by atoms with E-state index in [1.165, 1.54) is 0 Å². The molecule has 0 saturated carbocycles. The molecule has 0 unspecified atom stereocenters. The molecule has 92 valence electrons. The number of amides is 1. The Hall–Kier alpha value is -0.750. The zero-order chi connectivity index (χ0) is 12.0. The van der Waals surface area contributed by atoms with Crippen LogP contribution < -0.4 is 5.32 Å². The molecular weight excluding hydrogens is 230 g/mol. The van der Waals surface area contributed by atoms with E-state index in [0.29, 0.717) is 12.3 Å². The Kier molecular flexibility index (Phi) is 5.62. The van der Waals surface area contributed by atoms with Crippen molar-refractivity contribution in [2.45, 2.75) is 25.4 Å². The lowest BCUT2D eigenvalue weighted by atomic mass is 9.98. The largest absolute Gasteiger partial charge is 0.479 e. The van der Waals surface area contributed by atoms with E-state index in [4.69, 9.17) is 10.2 Å². The molecule has 0 bridgehead atoms. The Morgan fingerprint density at radius 1 is 1.38 bits per heavy atom. The molecule has 0 aliphatic carbocycles. The van der Waals surface area contributed by atoms with Gasteiger partial charge in [-0.15, -0.1) is 0 Å². The van der Waals surface area contributed by atoms with Gasteiger partial charge in [-0.1, -0.05) is 0 Å². The first-order valence-electron chi connectivity index (χ1n) is 5.35. The summed E-state index contributed by atoms with van der Waals surface area (Å²) >= 11 is 1.90. The van der Waals surface area contributed by atoms with E-state index in [9.17, 15) is 9.59 Å². The number of hydrogen-bond donors (Lipinski definition) is 3. The second-order valence-corrected chi connectivity index (χ2v) is 5.14. The minimum absolute atomic E-state index is 0.169. The first-order chi connectivity index (χ1) is 7.59. The quantitative estimate of drug-likeness (QED) is 0.640. The Balaban J connectivity index is 2.17. The highest BCUT2D eigenvalue weighted by molar-refractivity contribution is 7.99. The molecule has 6 heteroatoms. The van der Waals surface area contributed by atoms with Crippen LogP contribution in [0.25, 0.3) is 0 Å². The Morgan fingerprint density at radius 2 is 2.00 bits per heavy atom. The van der Waals surface area contributed by atoms with Gasteiger partial charge < -0.3 is 15.5 Å². The third-order valence-corrected chi connectivity index (χ3v) is 3.64. The molecule has 3 N–H and O–H groups in total. The summed E-state index contributed by atoms with van der Waals surface area (Å²) in [6, 6.07) is 0. The first-order valence-corrected chi connectivity index (χ1v) is 6.50. The van der Waals surface area contributed by atoms with E-state index >= 15 is 0 Å². The third kappa shape index (κ3) is 4.85. The summed E-state index contributed by atoms with van der Waals surface area (Å²) in [6.45, 7) is -0.213. The van der Waals surface area contributed by atoms with Crippen molar-refractivity contribution in [2.24, 2.45) is 5.92 Å². The molecule has 0 aromatic carbocycles. The molecule has 16 heavy (non-hydrogen) atoms. The number of nitrogens with one attached hydrogen (secondary N) is 1. The fourth-order valence-corrected chi connectivity index (χ4v) is 2.79. The van der Waals surface area contributed by atoms with E-state index in [0.717, 1.165) is 24.3 Å². The van der Waals surface area contributed by atoms with Gasteiger partial charge in [-0.05, 0) is 30.3 Å². The maximum absolute atomic E-state index is 11.4.